The standard InChI is InChI=1S/C44H86P/c1-3-5-7-9-11-13-15-17-19-21-23-25-27-29-31-33-35-37-39-41-43-45-44-42-40-38-36-34-32-30-28-26-24-22-20-18-16-14-12-10-8-6-4-2/h41-44H,3-40H2,1-2H3/b43-41+,44-42+. The van der Waals surface area contributed by atoms with E-state index in [1.807, 2.05) is 0 Å². The van der Waals surface area contributed by atoms with Crippen LogP contribution in [0.2, 0.25) is 0 Å². The van der Waals surface area contributed by atoms with Crippen molar-refractivity contribution in [3.63, 3.8) is 0 Å². The zero-order valence-electron chi connectivity index (χ0n) is 31.6. The molecule has 0 aromatic rings. The predicted molar refractivity (Wildman–Crippen MR) is 212 cm³/mol. The zero-order valence-corrected chi connectivity index (χ0v) is 32.5. The molecule has 0 aromatic heterocycles. The molecule has 0 rings (SSSR count). The maximum Gasteiger partial charge on any atom is -0.0267 e. The Kier molecular flexibility index (Phi) is 43.8. The van der Waals surface area contributed by atoms with Crippen molar-refractivity contribution in [1.29, 1.82) is 0 Å². The Hall–Kier alpha value is -0.0900. The largest absolute Gasteiger partial charge is 0.0834 e. The summed E-state index contributed by atoms with van der Waals surface area (Å²) in [5, 5.41) is 0. The first-order chi connectivity index (χ1) is 22.4. The second kappa shape index (κ2) is 43.9. The third kappa shape index (κ3) is 43.9. The van der Waals surface area contributed by atoms with Gasteiger partial charge in [-0.2, -0.15) is 0 Å². The molecule has 0 N–H and O–H groups in total. The molecule has 0 aromatic carbocycles. The van der Waals surface area contributed by atoms with Crippen molar-refractivity contribution in [3.05, 3.63) is 23.8 Å². The third-order valence-corrected chi connectivity index (χ3v) is 10.6. The van der Waals surface area contributed by atoms with Crippen LogP contribution >= 0.6 is 8.58 Å². The lowest BCUT2D eigenvalue weighted by Crippen LogP contribution is -1.84. The second-order valence-electron chi connectivity index (χ2n) is 14.5. The van der Waals surface area contributed by atoms with Crippen molar-refractivity contribution >= 4 is 8.58 Å². The van der Waals surface area contributed by atoms with Crippen LogP contribution in [0.1, 0.15) is 258 Å². The Morgan fingerprint density at radius 2 is 0.422 bits per heavy atom. The first-order valence-corrected chi connectivity index (χ1v) is 22.4. The van der Waals surface area contributed by atoms with E-state index in [-0.39, 0.29) is 0 Å². The second-order valence-corrected chi connectivity index (χ2v) is 15.4. The highest BCUT2D eigenvalue weighted by atomic mass is 31.1. The summed E-state index contributed by atoms with van der Waals surface area (Å²) in [7, 11) is 1.38. The fourth-order valence-corrected chi connectivity index (χ4v) is 7.29. The highest BCUT2D eigenvalue weighted by molar-refractivity contribution is 7.45. The normalized spacial score (nSPS) is 12.0. The fraction of sp³-hybridized carbons (Fsp3) is 0.909. The average Bonchev–Trinajstić information content (AvgIpc) is 3.05. The van der Waals surface area contributed by atoms with Gasteiger partial charge >= 0.3 is 0 Å². The Morgan fingerprint density at radius 1 is 0.244 bits per heavy atom. The maximum atomic E-state index is 2.41. The Labute approximate surface area is 289 Å². The van der Waals surface area contributed by atoms with Gasteiger partial charge in [0.05, 0.1) is 0 Å². The average molecular weight is 646 g/mol. The highest BCUT2D eigenvalue weighted by Gasteiger charge is 1.96. The number of allylic oxidation sites excluding steroid dienone is 2. The lowest BCUT2D eigenvalue weighted by Gasteiger charge is -2.03. The molecule has 267 valence electrons. The van der Waals surface area contributed by atoms with E-state index in [1.165, 1.54) is 253 Å². The van der Waals surface area contributed by atoms with Crippen LogP contribution in [0, 0.1) is 0 Å². The summed E-state index contributed by atoms with van der Waals surface area (Å²) in [6, 6.07) is 0. The monoisotopic (exact) mass is 646 g/mol. The number of unbranched alkanes of at least 4 members (excludes halogenated alkanes) is 36. The molecule has 0 aliphatic carbocycles. The minimum atomic E-state index is 1.28. The third-order valence-electron chi connectivity index (χ3n) is 9.83. The van der Waals surface area contributed by atoms with Crippen LogP contribution in [0.5, 0.6) is 0 Å². The minimum Gasteiger partial charge on any atom is -0.0834 e. The lowest BCUT2D eigenvalue weighted by atomic mass is 10.0. The van der Waals surface area contributed by atoms with Crippen molar-refractivity contribution in [1.82, 2.24) is 0 Å². The molecule has 0 saturated carbocycles. The van der Waals surface area contributed by atoms with Gasteiger partial charge in [-0.25, -0.2) is 0 Å². The maximum absolute atomic E-state index is 2.41. The molecule has 0 bridgehead atoms. The zero-order chi connectivity index (χ0) is 32.4. The smallest absolute Gasteiger partial charge is 0.0267 e. The SMILES string of the molecule is CCCCCCCCCCCCCCCCCCCC/C=C/[P]/C=C/CCCCCCCCCCCCCCCCCCCC. The molecule has 45 heavy (non-hydrogen) atoms. The van der Waals surface area contributed by atoms with E-state index < -0.39 is 0 Å². The van der Waals surface area contributed by atoms with Gasteiger partial charge in [-0.3, -0.25) is 0 Å². The Morgan fingerprint density at radius 3 is 0.622 bits per heavy atom. The summed E-state index contributed by atoms with van der Waals surface area (Å²) in [6.07, 6.45) is 59.9. The molecule has 0 saturated heterocycles. The lowest BCUT2D eigenvalue weighted by molar-refractivity contribution is 0.525. The van der Waals surface area contributed by atoms with E-state index in [0.717, 1.165) is 0 Å². The molecule has 0 aliphatic heterocycles. The summed E-state index contributed by atoms with van der Waals surface area (Å²) in [4.78, 5) is 0. The van der Waals surface area contributed by atoms with Crippen molar-refractivity contribution in [2.75, 3.05) is 0 Å². The van der Waals surface area contributed by atoms with Gasteiger partial charge < -0.3 is 0 Å². The summed E-state index contributed by atoms with van der Waals surface area (Å²) in [6.45, 7) is 4.61. The molecule has 0 heterocycles. The topological polar surface area (TPSA) is 0 Å². The van der Waals surface area contributed by atoms with E-state index in [9.17, 15) is 0 Å². The van der Waals surface area contributed by atoms with Crippen LogP contribution < -0.4 is 0 Å². The summed E-state index contributed by atoms with van der Waals surface area (Å²) >= 11 is 0. The summed E-state index contributed by atoms with van der Waals surface area (Å²) in [5.74, 6) is 4.72. The van der Waals surface area contributed by atoms with Crippen molar-refractivity contribution in [2.24, 2.45) is 0 Å². The minimum absolute atomic E-state index is 1.28. The molecule has 0 spiro atoms. The summed E-state index contributed by atoms with van der Waals surface area (Å²) in [5.41, 5.74) is 0. The van der Waals surface area contributed by atoms with Gasteiger partial charge in [-0.1, -0.05) is 256 Å². The Bertz CT molecular complexity index is 501. The van der Waals surface area contributed by atoms with Crippen LogP contribution in [0.4, 0.5) is 0 Å². The van der Waals surface area contributed by atoms with E-state index in [1.54, 1.807) is 0 Å². The van der Waals surface area contributed by atoms with Crippen molar-refractivity contribution in [3.8, 4) is 0 Å². The van der Waals surface area contributed by atoms with Gasteiger partial charge in [0.1, 0.15) is 0 Å². The van der Waals surface area contributed by atoms with E-state index >= 15 is 0 Å². The molecule has 0 unspecified atom stereocenters. The molecule has 0 fully saturated rings. The molecule has 0 atom stereocenters. The predicted octanol–water partition coefficient (Wildman–Crippen LogP) is 17.8. The molecule has 0 aliphatic rings. The number of hydrogen-bond acceptors (Lipinski definition) is 0. The van der Waals surface area contributed by atoms with Crippen LogP contribution in [0.3, 0.4) is 0 Å². The van der Waals surface area contributed by atoms with Gasteiger partial charge in [0.25, 0.3) is 0 Å². The van der Waals surface area contributed by atoms with Crippen LogP contribution in [0.25, 0.3) is 0 Å². The first kappa shape index (κ1) is 44.9. The van der Waals surface area contributed by atoms with Gasteiger partial charge in [0, 0.05) is 0 Å². The highest BCUT2D eigenvalue weighted by Crippen LogP contribution is 2.18. The Balaban J connectivity index is 3.14. The summed E-state index contributed by atoms with van der Waals surface area (Å²) < 4.78 is 0. The molecule has 1 heteroatoms. The molecule has 1 radical (unpaired) electrons. The van der Waals surface area contributed by atoms with Crippen molar-refractivity contribution < 1.29 is 0 Å². The van der Waals surface area contributed by atoms with Gasteiger partial charge in [-0.05, 0) is 34.3 Å². The molecular formula is C44H86P. The van der Waals surface area contributed by atoms with Crippen LogP contribution in [-0.2, 0) is 0 Å². The van der Waals surface area contributed by atoms with E-state index in [0.29, 0.717) is 0 Å². The number of hydrogen-bond donors (Lipinski definition) is 0. The van der Waals surface area contributed by atoms with Gasteiger partial charge in [-0.15, -0.1) is 0 Å². The van der Waals surface area contributed by atoms with E-state index in [4.69, 9.17) is 0 Å². The first-order valence-electron chi connectivity index (χ1n) is 21.4. The van der Waals surface area contributed by atoms with Gasteiger partial charge in [0.2, 0.25) is 0 Å². The van der Waals surface area contributed by atoms with E-state index in [2.05, 4.69) is 37.6 Å². The fourth-order valence-electron chi connectivity index (χ4n) is 6.65. The molecule has 0 nitrogen and oxygen atoms in total. The molecular weight excluding hydrogens is 559 g/mol. The van der Waals surface area contributed by atoms with Crippen LogP contribution in [-0.4, -0.2) is 0 Å². The number of rotatable bonds is 40. The van der Waals surface area contributed by atoms with Crippen LogP contribution in [0.15, 0.2) is 23.8 Å². The quantitative estimate of drug-likeness (QED) is 0.0459. The van der Waals surface area contributed by atoms with Crippen molar-refractivity contribution in [2.45, 2.75) is 258 Å². The van der Waals surface area contributed by atoms with Gasteiger partial charge in [0.15, 0.2) is 0 Å². The molecule has 0 amide bonds.